The van der Waals surface area contributed by atoms with Crippen LogP contribution in [0, 0.1) is 5.92 Å². The van der Waals surface area contributed by atoms with Crippen molar-refractivity contribution >= 4 is 11.8 Å². The Hall–Kier alpha value is -2.62. The molecule has 0 N–H and O–H groups in total. The molecule has 0 heterocycles. The molecule has 3 rings (SSSR count). The molecular formula is C21H24N2O2. The van der Waals surface area contributed by atoms with E-state index in [-0.39, 0.29) is 17.7 Å². The second-order valence-corrected chi connectivity index (χ2v) is 7.09. The van der Waals surface area contributed by atoms with Crippen LogP contribution in [0.5, 0.6) is 0 Å². The van der Waals surface area contributed by atoms with Crippen LogP contribution in [0.2, 0.25) is 0 Å². The molecule has 0 aromatic heterocycles. The van der Waals surface area contributed by atoms with E-state index in [4.69, 9.17) is 0 Å². The number of carbonyl (C=O) groups excluding carboxylic acids is 2. The van der Waals surface area contributed by atoms with Crippen molar-refractivity contribution in [3.8, 4) is 0 Å². The number of amides is 2. The molecule has 0 radical (unpaired) electrons. The number of likely N-dealkylation sites (N-methyl/N-ethyl adjacent to an activating group) is 2. The summed E-state index contributed by atoms with van der Waals surface area (Å²) in [5.74, 6) is 0.354. The summed E-state index contributed by atoms with van der Waals surface area (Å²) in [6.45, 7) is 0. The summed E-state index contributed by atoms with van der Waals surface area (Å²) >= 11 is 0. The van der Waals surface area contributed by atoms with Crippen LogP contribution in [0.1, 0.15) is 12.8 Å². The Morgan fingerprint density at radius 2 is 1.60 bits per heavy atom. The van der Waals surface area contributed by atoms with Gasteiger partial charge in [0.15, 0.2) is 0 Å². The number of hydrogen-bond acceptors (Lipinski definition) is 2. The molecule has 0 fully saturated rings. The van der Waals surface area contributed by atoms with Gasteiger partial charge in [-0.15, -0.1) is 0 Å². The maximum Gasteiger partial charge on any atom is 0.253 e. The predicted molar refractivity (Wildman–Crippen MR) is 99.7 cm³/mol. The predicted octanol–water partition coefficient (Wildman–Crippen LogP) is 2.79. The smallest absolute Gasteiger partial charge is 0.253 e. The van der Waals surface area contributed by atoms with E-state index in [1.54, 1.807) is 38.0 Å². The summed E-state index contributed by atoms with van der Waals surface area (Å²) in [6.07, 6.45) is 15.8. The largest absolute Gasteiger partial charge is 0.345 e. The van der Waals surface area contributed by atoms with Gasteiger partial charge in [0.05, 0.1) is 0 Å². The van der Waals surface area contributed by atoms with Crippen molar-refractivity contribution in [1.82, 2.24) is 9.80 Å². The third kappa shape index (κ3) is 3.43. The molecule has 0 aromatic rings. The van der Waals surface area contributed by atoms with E-state index in [9.17, 15) is 9.59 Å². The lowest BCUT2D eigenvalue weighted by molar-refractivity contribution is -0.125. The van der Waals surface area contributed by atoms with Gasteiger partial charge in [0.25, 0.3) is 5.91 Å². The van der Waals surface area contributed by atoms with Crippen LogP contribution in [0.3, 0.4) is 0 Å². The molecule has 1 atom stereocenters. The molecule has 0 spiro atoms. The van der Waals surface area contributed by atoms with Gasteiger partial charge in [-0.05, 0) is 29.2 Å². The van der Waals surface area contributed by atoms with Crippen molar-refractivity contribution in [3.05, 3.63) is 70.4 Å². The summed E-state index contributed by atoms with van der Waals surface area (Å²) in [7, 11) is 7.08. The Morgan fingerprint density at radius 3 is 2.28 bits per heavy atom. The molecule has 0 saturated carbocycles. The second kappa shape index (κ2) is 6.71. The Bertz CT molecular complexity index is 802. The van der Waals surface area contributed by atoms with Gasteiger partial charge < -0.3 is 9.80 Å². The number of allylic oxidation sites excluding steroid dienone is 9. The minimum Gasteiger partial charge on any atom is -0.345 e. The van der Waals surface area contributed by atoms with Crippen LogP contribution in [-0.2, 0) is 9.59 Å². The highest BCUT2D eigenvalue weighted by molar-refractivity contribution is 5.97. The van der Waals surface area contributed by atoms with Crippen molar-refractivity contribution in [1.29, 1.82) is 0 Å². The van der Waals surface area contributed by atoms with Crippen molar-refractivity contribution in [2.45, 2.75) is 12.8 Å². The minimum atomic E-state index is 0.0182. The fourth-order valence-corrected chi connectivity index (χ4v) is 3.33. The van der Waals surface area contributed by atoms with Gasteiger partial charge >= 0.3 is 0 Å². The van der Waals surface area contributed by atoms with Crippen LogP contribution in [0.25, 0.3) is 0 Å². The first-order valence-corrected chi connectivity index (χ1v) is 8.51. The minimum absolute atomic E-state index is 0.0182. The lowest BCUT2D eigenvalue weighted by Crippen LogP contribution is -2.24. The normalized spacial score (nSPS) is 21.4. The van der Waals surface area contributed by atoms with E-state index in [0.717, 1.165) is 17.6 Å². The zero-order valence-corrected chi connectivity index (χ0v) is 15.2. The second-order valence-electron chi connectivity index (χ2n) is 7.09. The molecule has 0 aromatic carbocycles. The molecule has 4 heteroatoms. The van der Waals surface area contributed by atoms with Gasteiger partial charge in [0.1, 0.15) is 0 Å². The van der Waals surface area contributed by atoms with E-state index < -0.39 is 0 Å². The zero-order valence-electron chi connectivity index (χ0n) is 15.2. The van der Waals surface area contributed by atoms with E-state index in [1.807, 2.05) is 18.2 Å². The highest BCUT2D eigenvalue weighted by Crippen LogP contribution is 2.37. The van der Waals surface area contributed by atoms with Crippen molar-refractivity contribution in [2.75, 3.05) is 28.2 Å². The number of fused-ring (bicyclic) bond motifs is 2. The quantitative estimate of drug-likeness (QED) is 0.778. The summed E-state index contributed by atoms with van der Waals surface area (Å²) in [5.41, 5.74) is 5.14. The summed E-state index contributed by atoms with van der Waals surface area (Å²) in [4.78, 5) is 27.6. The Balaban J connectivity index is 1.88. The SMILES string of the molecule is CN(C)C(=O)C1=CC2=CC=C3CC(C(=O)N(C)C)=CC=C3CC2C=C1. The standard InChI is InChI=1S/C21H24N2O2/c1-22(2)20(24)18-9-7-14-11-15-8-10-19(21(25)23(3)4)13-17(15)6-5-16(14)12-18/h5-10,12,14H,11,13H2,1-4H3. The molecule has 25 heavy (non-hydrogen) atoms. The maximum atomic E-state index is 12.2. The third-order valence-electron chi connectivity index (χ3n) is 4.79. The molecule has 130 valence electrons. The summed E-state index contributed by atoms with van der Waals surface area (Å²) in [6, 6.07) is 0. The first kappa shape index (κ1) is 17.2. The fraction of sp³-hybridized carbons (Fsp3) is 0.333. The van der Waals surface area contributed by atoms with Crippen LogP contribution in [0.4, 0.5) is 0 Å². The lowest BCUT2D eigenvalue weighted by atomic mass is 9.83. The van der Waals surface area contributed by atoms with Crippen LogP contribution in [-0.4, -0.2) is 49.8 Å². The van der Waals surface area contributed by atoms with Crippen molar-refractivity contribution in [3.63, 3.8) is 0 Å². The zero-order chi connectivity index (χ0) is 18.1. The summed E-state index contributed by atoms with van der Waals surface area (Å²) in [5, 5.41) is 0. The number of carbonyl (C=O) groups is 2. The third-order valence-corrected chi connectivity index (χ3v) is 4.79. The molecule has 0 aliphatic heterocycles. The number of rotatable bonds is 2. The van der Waals surface area contributed by atoms with E-state index in [1.165, 1.54) is 11.1 Å². The molecule has 3 aliphatic rings. The molecular weight excluding hydrogens is 312 g/mol. The molecule has 3 aliphatic carbocycles. The Morgan fingerprint density at radius 1 is 0.920 bits per heavy atom. The topological polar surface area (TPSA) is 40.6 Å². The maximum absolute atomic E-state index is 12.2. The highest BCUT2D eigenvalue weighted by Gasteiger charge is 2.25. The first-order valence-electron chi connectivity index (χ1n) is 8.51. The first-order chi connectivity index (χ1) is 11.9. The Labute approximate surface area is 149 Å². The average Bonchev–Trinajstić information content (AvgIpc) is 2.78. The van der Waals surface area contributed by atoms with Gasteiger partial charge in [-0.25, -0.2) is 0 Å². The van der Waals surface area contributed by atoms with E-state index in [0.29, 0.717) is 12.0 Å². The number of hydrogen-bond donors (Lipinski definition) is 0. The van der Waals surface area contributed by atoms with Gasteiger partial charge in [0.2, 0.25) is 5.91 Å². The fourth-order valence-electron chi connectivity index (χ4n) is 3.33. The lowest BCUT2D eigenvalue weighted by Gasteiger charge is -2.23. The van der Waals surface area contributed by atoms with Gasteiger partial charge in [-0.1, -0.05) is 36.5 Å². The van der Waals surface area contributed by atoms with Crippen LogP contribution >= 0.6 is 0 Å². The van der Waals surface area contributed by atoms with Crippen LogP contribution in [0.15, 0.2) is 70.4 Å². The highest BCUT2D eigenvalue weighted by atomic mass is 16.2. The van der Waals surface area contributed by atoms with Crippen molar-refractivity contribution in [2.24, 2.45) is 5.92 Å². The van der Waals surface area contributed by atoms with Crippen LogP contribution < -0.4 is 0 Å². The van der Waals surface area contributed by atoms with Gasteiger partial charge in [-0.3, -0.25) is 9.59 Å². The Kier molecular flexibility index (Phi) is 4.62. The number of nitrogens with zero attached hydrogens (tertiary/aromatic N) is 2. The van der Waals surface area contributed by atoms with E-state index >= 15 is 0 Å². The summed E-state index contributed by atoms with van der Waals surface area (Å²) < 4.78 is 0. The molecule has 1 unspecified atom stereocenters. The molecule has 0 saturated heterocycles. The van der Waals surface area contributed by atoms with Gasteiger partial charge in [0, 0.05) is 51.7 Å². The molecule has 2 amide bonds. The van der Waals surface area contributed by atoms with Crippen molar-refractivity contribution < 1.29 is 9.59 Å². The monoisotopic (exact) mass is 336 g/mol. The molecule has 4 nitrogen and oxygen atoms in total. The average molecular weight is 336 g/mol. The van der Waals surface area contributed by atoms with Gasteiger partial charge in [-0.2, -0.15) is 0 Å². The molecule has 0 bridgehead atoms. The van der Waals surface area contributed by atoms with E-state index in [2.05, 4.69) is 24.3 Å².